The standard InChI is InChI=1S/C21H32N2O/c1-17-6-5-13-23(15-17)16-19-9-7-18(8-10-19)14-22-20(24)11-12-21(2,3)4/h7-12,17H,5-6,13-16H2,1-4H3,(H,22,24)/b12-11+. The molecule has 0 aromatic heterocycles. The highest BCUT2D eigenvalue weighted by atomic mass is 16.1. The van der Waals surface area contributed by atoms with Crippen LogP contribution in [0.3, 0.4) is 0 Å². The zero-order valence-corrected chi connectivity index (χ0v) is 15.6. The highest BCUT2D eigenvalue weighted by molar-refractivity contribution is 5.87. The molecule has 1 amide bonds. The van der Waals surface area contributed by atoms with Crippen molar-refractivity contribution in [3.05, 3.63) is 47.5 Å². The summed E-state index contributed by atoms with van der Waals surface area (Å²) in [6.45, 7) is 12.6. The van der Waals surface area contributed by atoms with Crippen LogP contribution in [-0.2, 0) is 17.9 Å². The molecule has 3 nitrogen and oxygen atoms in total. The summed E-state index contributed by atoms with van der Waals surface area (Å²) in [6.07, 6.45) is 6.24. The van der Waals surface area contributed by atoms with Crippen LogP contribution in [0.15, 0.2) is 36.4 Å². The van der Waals surface area contributed by atoms with E-state index < -0.39 is 0 Å². The van der Waals surface area contributed by atoms with Crippen LogP contribution in [0, 0.1) is 11.3 Å². The summed E-state index contributed by atoms with van der Waals surface area (Å²) in [4.78, 5) is 14.4. The lowest BCUT2D eigenvalue weighted by atomic mass is 9.96. The van der Waals surface area contributed by atoms with E-state index in [0.717, 1.165) is 18.0 Å². The van der Waals surface area contributed by atoms with E-state index in [-0.39, 0.29) is 11.3 Å². The highest BCUT2D eigenvalue weighted by Gasteiger charge is 2.16. The van der Waals surface area contributed by atoms with Crippen LogP contribution in [0.1, 0.15) is 51.7 Å². The Morgan fingerprint density at radius 2 is 1.92 bits per heavy atom. The van der Waals surface area contributed by atoms with Gasteiger partial charge in [0.05, 0.1) is 0 Å². The minimum atomic E-state index is -0.0312. The summed E-state index contributed by atoms with van der Waals surface area (Å²) >= 11 is 0. The highest BCUT2D eigenvalue weighted by Crippen LogP contribution is 2.18. The number of hydrogen-bond acceptors (Lipinski definition) is 2. The summed E-state index contributed by atoms with van der Waals surface area (Å²) in [5.41, 5.74) is 2.53. The van der Waals surface area contributed by atoms with Crippen molar-refractivity contribution in [3.8, 4) is 0 Å². The maximum atomic E-state index is 11.8. The summed E-state index contributed by atoms with van der Waals surface area (Å²) in [7, 11) is 0. The first kappa shape index (κ1) is 18.7. The predicted octanol–water partition coefficient (Wildman–Crippen LogP) is 4.14. The Labute approximate surface area is 147 Å². The number of nitrogens with one attached hydrogen (secondary N) is 1. The first-order valence-corrected chi connectivity index (χ1v) is 9.09. The quantitative estimate of drug-likeness (QED) is 0.824. The minimum absolute atomic E-state index is 0.0312. The van der Waals surface area contributed by atoms with E-state index in [1.54, 1.807) is 6.08 Å². The molecule has 1 heterocycles. The monoisotopic (exact) mass is 328 g/mol. The summed E-state index contributed by atoms with van der Waals surface area (Å²) in [5, 5.41) is 2.94. The Hall–Kier alpha value is -1.61. The Bertz CT molecular complexity index is 554. The molecular weight excluding hydrogens is 296 g/mol. The summed E-state index contributed by atoms with van der Waals surface area (Å²) < 4.78 is 0. The number of benzene rings is 1. The van der Waals surface area contributed by atoms with Crippen molar-refractivity contribution in [2.75, 3.05) is 13.1 Å². The molecule has 1 aromatic carbocycles. The number of allylic oxidation sites excluding steroid dienone is 1. The van der Waals surface area contributed by atoms with Gasteiger partial charge in [0, 0.05) is 19.6 Å². The lowest BCUT2D eigenvalue weighted by Crippen LogP contribution is -2.33. The van der Waals surface area contributed by atoms with E-state index in [0.29, 0.717) is 6.54 Å². The average Bonchev–Trinajstić information content (AvgIpc) is 2.52. The fraction of sp³-hybridized carbons (Fsp3) is 0.571. The van der Waals surface area contributed by atoms with Gasteiger partial charge in [-0.05, 0) is 47.9 Å². The number of carbonyl (C=O) groups excluding carboxylic acids is 1. The van der Waals surface area contributed by atoms with E-state index >= 15 is 0 Å². The van der Waals surface area contributed by atoms with Crippen molar-refractivity contribution in [2.24, 2.45) is 11.3 Å². The Morgan fingerprint density at radius 1 is 1.25 bits per heavy atom. The first-order valence-electron chi connectivity index (χ1n) is 9.09. The van der Waals surface area contributed by atoms with Gasteiger partial charge in [-0.25, -0.2) is 0 Å². The Morgan fingerprint density at radius 3 is 2.54 bits per heavy atom. The number of rotatable bonds is 5. The van der Waals surface area contributed by atoms with Crippen LogP contribution in [0.5, 0.6) is 0 Å². The molecule has 1 saturated heterocycles. The molecule has 2 rings (SSSR count). The van der Waals surface area contributed by atoms with Crippen molar-refractivity contribution < 1.29 is 4.79 Å². The maximum absolute atomic E-state index is 11.8. The molecule has 3 heteroatoms. The number of carbonyl (C=O) groups is 1. The molecule has 24 heavy (non-hydrogen) atoms. The second-order valence-electron chi connectivity index (χ2n) is 8.22. The molecular formula is C21H32N2O. The van der Waals surface area contributed by atoms with Gasteiger partial charge in [0.25, 0.3) is 0 Å². The SMILES string of the molecule is CC1CCCN(Cc2ccc(CNC(=O)/C=C/C(C)(C)C)cc2)C1. The largest absolute Gasteiger partial charge is 0.348 e. The number of amides is 1. The molecule has 0 radical (unpaired) electrons. The van der Waals surface area contributed by atoms with Gasteiger partial charge in [-0.3, -0.25) is 9.69 Å². The van der Waals surface area contributed by atoms with Gasteiger partial charge in [0.2, 0.25) is 5.91 Å². The van der Waals surface area contributed by atoms with Crippen molar-refractivity contribution in [3.63, 3.8) is 0 Å². The minimum Gasteiger partial charge on any atom is -0.348 e. The second kappa shape index (κ2) is 8.48. The van der Waals surface area contributed by atoms with Crippen LogP contribution in [0.2, 0.25) is 0 Å². The van der Waals surface area contributed by atoms with E-state index in [4.69, 9.17) is 0 Å². The lowest BCUT2D eigenvalue weighted by Gasteiger charge is -2.30. The van der Waals surface area contributed by atoms with Crippen molar-refractivity contribution >= 4 is 5.91 Å². The summed E-state index contributed by atoms with van der Waals surface area (Å²) in [6, 6.07) is 8.62. The van der Waals surface area contributed by atoms with Crippen LogP contribution in [0.25, 0.3) is 0 Å². The fourth-order valence-corrected chi connectivity index (χ4v) is 3.02. The summed E-state index contributed by atoms with van der Waals surface area (Å²) in [5.74, 6) is 0.783. The molecule has 1 aliphatic heterocycles. The molecule has 0 spiro atoms. The normalized spacial score (nSPS) is 19.6. The van der Waals surface area contributed by atoms with E-state index in [1.807, 2.05) is 6.08 Å². The van der Waals surface area contributed by atoms with Gasteiger partial charge < -0.3 is 5.32 Å². The zero-order chi connectivity index (χ0) is 17.6. The molecule has 0 saturated carbocycles. The fourth-order valence-electron chi connectivity index (χ4n) is 3.02. The molecule has 1 aliphatic rings. The molecule has 1 unspecified atom stereocenters. The van der Waals surface area contributed by atoms with Crippen molar-refractivity contribution in [1.29, 1.82) is 0 Å². The van der Waals surface area contributed by atoms with Crippen LogP contribution in [-0.4, -0.2) is 23.9 Å². The molecule has 0 bridgehead atoms. The predicted molar refractivity (Wildman–Crippen MR) is 101 cm³/mol. The van der Waals surface area contributed by atoms with Crippen LogP contribution >= 0.6 is 0 Å². The van der Waals surface area contributed by atoms with Gasteiger partial charge >= 0.3 is 0 Å². The lowest BCUT2D eigenvalue weighted by molar-refractivity contribution is -0.116. The molecule has 132 valence electrons. The third-order valence-electron chi connectivity index (χ3n) is 4.37. The van der Waals surface area contributed by atoms with Gasteiger partial charge in [-0.1, -0.05) is 58.0 Å². The smallest absolute Gasteiger partial charge is 0.243 e. The first-order chi connectivity index (χ1) is 11.3. The van der Waals surface area contributed by atoms with Gasteiger partial charge in [0.1, 0.15) is 0 Å². The average molecular weight is 329 g/mol. The molecule has 1 fully saturated rings. The third kappa shape index (κ3) is 6.88. The zero-order valence-electron chi connectivity index (χ0n) is 15.6. The van der Waals surface area contributed by atoms with Crippen LogP contribution < -0.4 is 5.32 Å². The molecule has 1 N–H and O–H groups in total. The number of hydrogen-bond donors (Lipinski definition) is 1. The molecule has 1 aromatic rings. The van der Waals surface area contributed by atoms with Crippen molar-refractivity contribution in [2.45, 2.75) is 53.6 Å². The molecule has 1 atom stereocenters. The van der Waals surface area contributed by atoms with E-state index in [1.165, 1.54) is 31.5 Å². The maximum Gasteiger partial charge on any atom is 0.243 e. The van der Waals surface area contributed by atoms with Crippen LogP contribution in [0.4, 0.5) is 0 Å². The third-order valence-corrected chi connectivity index (χ3v) is 4.37. The van der Waals surface area contributed by atoms with Gasteiger partial charge in [-0.15, -0.1) is 0 Å². The van der Waals surface area contributed by atoms with E-state index in [9.17, 15) is 4.79 Å². The van der Waals surface area contributed by atoms with Gasteiger partial charge in [0.15, 0.2) is 0 Å². The van der Waals surface area contributed by atoms with E-state index in [2.05, 4.69) is 62.2 Å². The topological polar surface area (TPSA) is 32.3 Å². The Kier molecular flexibility index (Phi) is 6.61. The number of likely N-dealkylation sites (tertiary alicyclic amines) is 1. The molecule has 0 aliphatic carbocycles. The van der Waals surface area contributed by atoms with Gasteiger partial charge in [-0.2, -0.15) is 0 Å². The van der Waals surface area contributed by atoms with Crippen molar-refractivity contribution in [1.82, 2.24) is 10.2 Å². The Balaban J connectivity index is 1.79. The number of nitrogens with zero attached hydrogens (tertiary/aromatic N) is 1. The number of piperidine rings is 1. The second-order valence-corrected chi connectivity index (χ2v) is 8.22.